The number of hydrogen-bond donors (Lipinski definition) is 0. The van der Waals surface area contributed by atoms with Gasteiger partial charge in [0.2, 0.25) is 11.8 Å². The molecule has 1 atom stereocenters. The van der Waals surface area contributed by atoms with Crippen molar-refractivity contribution in [2.75, 3.05) is 26.8 Å². The maximum absolute atomic E-state index is 13.2. The van der Waals surface area contributed by atoms with Gasteiger partial charge in [0.05, 0.1) is 13.1 Å². The van der Waals surface area contributed by atoms with Gasteiger partial charge in [0.15, 0.2) is 0 Å². The lowest BCUT2D eigenvalue weighted by atomic mass is 10.1. The summed E-state index contributed by atoms with van der Waals surface area (Å²) in [6, 6.07) is 14.1. The van der Waals surface area contributed by atoms with Crippen molar-refractivity contribution in [2.24, 2.45) is 5.92 Å². The van der Waals surface area contributed by atoms with E-state index in [0.717, 1.165) is 16.9 Å². The largest absolute Gasteiger partial charge is 0.375 e. The molecule has 2 aromatic rings. The van der Waals surface area contributed by atoms with Gasteiger partial charge >= 0.3 is 0 Å². The maximum Gasteiger partial charge on any atom is 0.249 e. The standard InChI is InChI=1S/C23H32N2O3S/c1-5-18(2)13-24(23(27)17-28-4)16-22(26)25(14-20-9-7-6-8-10-20)15-21-12-11-19(3)29-21/h6-12,18H,5,13-17H2,1-4H3/t18-/m1/s1. The summed E-state index contributed by atoms with van der Waals surface area (Å²) >= 11 is 1.70. The number of benzene rings is 1. The third-order valence-electron chi connectivity index (χ3n) is 4.89. The Kier molecular flexibility index (Phi) is 9.35. The van der Waals surface area contributed by atoms with Gasteiger partial charge in [-0.25, -0.2) is 0 Å². The summed E-state index contributed by atoms with van der Waals surface area (Å²) in [6.07, 6.45) is 0.952. The minimum absolute atomic E-state index is 0.00742. The number of nitrogens with zero attached hydrogens (tertiary/aromatic N) is 2. The zero-order chi connectivity index (χ0) is 21.2. The van der Waals surface area contributed by atoms with Gasteiger partial charge in [0.1, 0.15) is 6.61 Å². The average molecular weight is 417 g/mol. The average Bonchev–Trinajstić information content (AvgIpc) is 3.12. The van der Waals surface area contributed by atoms with Gasteiger partial charge < -0.3 is 14.5 Å². The van der Waals surface area contributed by atoms with E-state index in [1.165, 1.54) is 12.0 Å². The smallest absolute Gasteiger partial charge is 0.249 e. The first kappa shape index (κ1) is 23.1. The molecule has 1 aromatic heterocycles. The van der Waals surface area contributed by atoms with E-state index in [-0.39, 0.29) is 25.0 Å². The molecule has 29 heavy (non-hydrogen) atoms. The highest BCUT2D eigenvalue weighted by Crippen LogP contribution is 2.19. The third kappa shape index (κ3) is 7.63. The number of carbonyl (C=O) groups excluding carboxylic acids is 2. The Morgan fingerprint density at radius 3 is 2.34 bits per heavy atom. The number of thiophene rings is 1. The fourth-order valence-corrected chi connectivity index (χ4v) is 3.94. The van der Waals surface area contributed by atoms with Gasteiger partial charge in [0, 0.05) is 30.0 Å². The maximum atomic E-state index is 13.2. The van der Waals surface area contributed by atoms with E-state index in [4.69, 9.17) is 4.74 Å². The van der Waals surface area contributed by atoms with E-state index in [2.05, 4.69) is 32.9 Å². The Balaban J connectivity index is 2.17. The molecule has 0 fully saturated rings. The van der Waals surface area contributed by atoms with Crippen LogP contribution in [0.3, 0.4) is 0 Å². The lowest BCUT2D eigenvalue weighted by Crippen LogP contribution is -2.45. The van der Waals surface area contributed by atoms with Crippen LogP contribution in [0, 0.1) is 12.8 Å². The summed E-state index contributed by atoms with van der Waals surface area (Å²) in [7, 11) is 1.50. The van der Waals surface area contributed by atoms with Crippen LogP contribution in [0.2, 0.25) is 0 Å². The number of amides is 2. The van der Waals surface area contributed by atoms with Crippen LogP contribution in [-0.4, -0.2) is 48.4 Å². The number of hydrogen-bond acceptors (Lipinski definition) is 4. The predicted octanol–water partition coefficient (Wildman–Crippen LogP) is 4.11. The summed E-state index contributed by atoms with van der Waals surface area (Å²) in [5.74, 6) is 0.131. The van der Waals surface area contributed by atoms with Crippen LogP contribution in [0.15, 0.2) is 42.5 Å². The number of methoxy groups -OCH3 is 1. The van der Waals surface area contributed by atoms with Crippen molar-refractivity contribution >= 4 is 23.2 Å². The molecule has 5 nitrogen and oxygen atoms in total. The normalized spacial score (nSPS) is 11.9. The molecule has 1 heterocycles. The summed E-state index contributed by atoms with van der Waals surface area (Å²) < 4.78 is 5.02. The van der Waals surface area contributed by atoms with Gasteiger partial charge in [-0.05, 0) is 30.5 Å². The molecule has 2 amide bonds. The van der Waals surface area contributed by atoms with Crippen molar-refractivity contribution in [3.8, 4) is 0 Å². The summed E-state index contributed by atoms with van der Waals surface area (Å²) in [6.45, 7) is 7.93. The Labute approximate surface area is 178 Å². The van der Waals surface area contributed by atoms with Crippen molar-refractivity contribution in [1.82, 2.24) is 9.80 Å². The van der Waals surface area contributed by atoms with Gasteiger partial charge in [-0.1, -0.05) is 50.6 Å². The number of aryl methyl sites for hydroxylation is 1. The second-order valence-corrected chi connectivity index (χ2v) is 8.84. The Morgan fingerprint density at radius 2 is 1.76 bits per heavy atom. The van der Waals surface area contributed by atoms with Crippen LogP contribution in [0.25, 0.3) is 0 Å². The number of rotatable bonds is 11. The van der Waals surface area contributed by atoms with Crippen molar-refractivity contribution in [2.45, 2.75) is 40.3 Å². The Morgan fingerprint density at radius 1 is 1.03 bits per heavy atom. The summed E-state index contributed by atoms with van der Waals surface area (Å²) in [4.78, 5) is 31.6. The van der Waals surface area contributed by atoms with Gasteiger partial charge in [-0.3, -0.25) is 9.59 Å². The fraction of sp³-hybridized carbons (Fsp3) is 0.478. The molecule has 1 aromatic carbocycles. The SMILES string of the molecule is CC[C@@H](C)CN(CC(=O)N(Cc1ccccc1)Cc1ccc(C)s1)C(=O)COC. The van der Waals surface area contributed by atoms with E-state index in [1.54, 1.807) is 16.2 Å². The van der Waals surface area contributed by atoms with Crippen LogP contribution in [0.5, 0.6) is 0 Å². The molecular weight excluding hydrogens is 384 g/mol. The van der Waals surface area contributed by atoms with Crippen LogP contribution in [0.1, 0.15) is 35.6 Å². The topological polar surface area (TPSA) is 49.9 Å². The first-order chi connectivity index (χ1) is 13.9. The molecule has 2 rings (SSSR count). The van der Waals surface area contributed by atoms with E-state index in [0.29, 0.717) is 25.6 Å². The number of ether oxygens (including phenoxy) is 1. The molecule has 0 unspecified atom stereocenters. The molecule has 0 N–H and O–H groups in total. The molecule has 0 saturated heterocycles. The van der Waals surface area contributed by atoms with E-state index in [9.17, 15) is 9.59 Å². The lowest BCUT2D eigenvalue weighted by Gasteiger charge is -2.29. The van der Waals surface area contributed by atoms with E-state index >= 15 is 0 Å². The molecule has 6 heteroatoms. The van der Waals surface area contributed by atoms with Gasteiger partial charge in [-0.2, -0.15) is 0 Å². The van der Waals surface area contributed by atoms with Gasteiger partial charge in [0.25, 0.3) is 0 Å². The highest BCUT2D eigenvalue weighted by atomic mass is 32.1. The second kappa shape index (κ2) is 11.7. The van der Waals surface area contributed by atoms with Crippen molar-refractivity contribution < 1.29 is 14.3 Å². The first-order valence-corrected chi connectivity index (χ1v) is 10.9. The molecule has 0 saturated carbocycles. The first-order valence-electron chi connectivity index (χ1n) is 10.1. The monoisotopic (exact) mass is 416 g/mol. The third-order valence-corrected chi connectivity index (χ3v) is 5.87. The van der Waals surface area contributed by atoms with E-state index in [1.807, 2.05) is 35.2 Å². The van der Waals surface area contributed by atoms with Gasteiger partial charge in [-0.15, -0.1) is 11.3 Å². The highest BCUT2D eigenvalue weighted by Gasteiger charge is 2.23. The summed E-state index contributed by atoms with van der Waals surface area (Å²) in [5.41, 5.74) is 1.07. The van der Waals surface area contributed by atoms with Crippen molar-refractivity contribution in [3.63, 3.8) is 0 Å². The highest BCUT2D eigenvalue weighted by molar-refractivity contribution is 7.11. The van der Waals surface area contributed by atoms with Crippen molar-refractivity contribution in [3.05, 3.63) is 57.8 Å². The lowest BCUT2D eigenvalue weighted by molar-refractivity contribution is -0.143. The van der Waals surface area contributed by atoms with E-state index < -0.39 is 0 Å². The Hall–Kier alpha value is -2.18. The minimum Gasteiger partial charge on any atom is -0.375 e. The molecule has 0 aliphatic carbocycles. The fourth-order valence-electron chi connectivity index (χ4n) is 3.03. The zero-order valence-electron chi connectivity index (χ0n) is 17.9. The molecule has 0 radical (unpaired) electrons. The van der Waals surface area contributed by atoms with Crippen LogP contribution < -0.4 is 0 Å². The quantitative estimate of drug-likeness (QED) is 0.554. The van der Waals surface area contributed by atoms with Crippen molar-refractivity contribution in [1.29, 1.82) is 0 Å². The molecule has 0 spiro atoms. The Bertz CT molecular complexity index is 775. The van der Waals surface area contributed by atoms with Crippen LogP contribution in [-0.2, 0) is 27.4 Å². The molecular formula is C23H32N2O3S. The molecule has 158 valence electrons. The molecule has 0 aliphatic rings. The minimum atomic E-state index is -0.146. The zero-order valence-corrected chi connectivity index (χ0v) is 18.7. The van der Waals surface area contributed by atoms with Crippen LogP contribution in [0.4, 0.5) is 0 Å². The van der Waals surface area contributed by atoms with Crippen LogP contribution >= 0.6 is 11.3 Å². The molecule has 0 bridgehead atoms. The second-order valence-electron chi connectivity index (χ2n) is 7.47. The molecule has 0 aliphatic heterocycles. The predicted molar refractivity (Wildman–Crippen MR) is 118 cm³/mol. The number of carbonyl (C=O) groups is 2. The summed E-state index contributed by atoms with van der Waals surface area (Å²) in [5, 5.41) is 0.